The Hall–Kier alpha value is -2.94. The van der Waals surface area contributed by atoms with Crippen molar-refractivity contribution in [2.24, 2.45) is 0 Å². The summed E-state index contributed by atoms with van der Waals surface area (Å²) >= 11 is 0. The lowest BCUT2D eigenvalue weighted by Crippen LogP contribution is -2.23. The first-order valence-corrected chi connectivity index (χ1v) is 8.00. The Morgan fingerprint density at radius 2 is 1.79 bits per heavy atom. The van der Waals surface area contributed by atoms with E-state index in [0.29, 0.717) is 17.7 Å². The van der Waals surface area contributed by atoms with E-state index in [1.54, 1.807) is 19.1 Å². The van der Waals surface area contributed by atoms with E-state index in [9.17, 15) is 9.59 Å². The van der Waals surface area contributed by atoms with E-state index in [1.807, 2.05) is 29.2 Å². The van der Waals surface area contributed by atoms with Gasteiger partial charge in [-0.2, -0.15) is 0 Å². The van der Waals surface area contributed by atoms with Gasteiger partial charge in [0.1, 0.15) is 0 Å². The number of aryl methyl sites for hydroxylation is 1. The molecule has 1 heterocycles. The summed E-state index contributed by atoms with van der Waals surface area (Å²) in [6.45, 7) is 4.11. The number of rotatable bonds is 2. The van der Waals surface area contributed by atoms with Crippen molar-refractivity contribution in [1.29, 1.82) is 0 Å². The number of carbonyl (C=O) groups is 2. The van der Waals surface area contributed by atoms with Gasteiger partial charge in [0.25, 0.3) is 5.91 Å². The predicted octanol–water partition coefficient (Wildman–Crippen LogP) is 4.51. The molecular weight excluding hydrogens is 298 g/mol. The fraction of sp³-hybridized carbons (Fsp3) is 0.143. The molecule has 3 heteroatoms. The van der Waals surface area contributed by atoms with Crippen LogP contribution in [0.2, 0.25) is 0 Å². The van der Waals surface area contributed by atoms with Crippen molar-refractivity contribution in [2.75, 3.05) is 4.90 Å². The lowest BCUT2D eigenvalue weighted by molar-refractivity contribution is 0.0992. The Bertz CT molecular complexity index is 999. The van der Waals surface area contributed by atoms with Crippen LogP contribution in [0, 0.1) is 6.92 Å². The van der Waals surface area contributed by atoms with Crippen LogP contribution < -0.4 is 4.90 Å². The molecule has 4 rings (SSSR count). The smallest absolute Gasteiger partial charge is 0.258 e. The zero-order valence-corrected chi connectivity index (χ0v) is 13.7. The number of Topliss-reactive ketones (excluding diaryl/α,β-unsaturated/α-hetero) is 1. The Morgan fingerprint density at radius 1 is 1.04 bits per heavy atom. The summed E-state index contributed by atoms with van der Waals surface area (Å²) in [6.07, 6.45) is 0. The standard InChI is InChI=1S/C21H17NO2/c1-13-5-3-6-15-7-4-8-19(20(13)15)22-12-17-11-16(14(2)23)9-10-18(17)21(22)24/h3-11H,12H2,1-2H3. The van der Waals surface area contributed by atoms with Crippen molar-refractivity contribution >= 4 is 28.2 Å². The molecule has 0 saturated carbocycles. The van der Waals surface area contributed by atoms with E-state index < -0.39 is 0 Å². The summed E-state index contributed by atoms with van der Waals surface area (Å²) < 4.78 is 0. The van der Waals surface area contributed by atoms with Crippen molar-refractivity contribution in [3.05, 3.63) is 76.9 Å². The minimum Gasteiger partial charge on any atom is -0.303 e. The van der Waals surface area contributed by atoms with Crippen LogP contribution in [0.4, 0.5) is 5.69 Å². The van der Waals surface area contributed by atoms with Crippen molar-refractivity contribution in [1.82, 2.24) is 0 Å². The SMILES string of the molecule is CC(=O)c1ccc2c(c1)CN(c1cccc3cccc(C)c13)C2=O. The molecule has 0 atom stereocenters. The number of fused-ring (bicyclic) bond motifs is 2. The number of ketones is 1. The highest BCUT2D eigenvalue weighted by Gasteiger charge is 2.30. The minimum atomic E-state index is -0.00384. The Balaban J connectivity index is 1.85. The molecule has 1 amide bonds. The van der Waals surface area contributed by atoms with Gasteiger partial charge in [0.15, 0.2) is 5.78 Å². The Labute approximate surface area is 140 Å². The minimum absolute atomic E-state index is 0.00384. The number of hydrogen-bond acceptors (Lipinski definition) is 2. The van der Waals surface area contributed by atoms with Gasteiger partial charge < -0.3 is 4.90 Å². The van der Waals surface area contributed by atoms with E-state index in [2.05, 4.69) is 25.1 Å². The highest BCUT2D eigenvalue weighted by atomic mass is 16.2. The van der Waals surface area contributed by atoms with E-state index in [0.717, 1.165) is 27.6 Å². The third kappa shape index (κ3) is 2.13. The first kappa shape index (κ1) is 14.6. The fourth-order valence-electron chi connectivity index (χ4n) is 3.46. The monoisotopic (exact) mass is 315 g/mol. The average molecular weight is 315 g/mol. The zero-order valence-electron chi connectivity index (χ0n) is 13.7. The summed E-state index contributed by atoms with van der Waals surface area (Å²) in [5.74, 6) is 0.0144. The molecule has 0 N–H and O–H groups in total. The molecule has 0 radical (unpaired) electrons. The molecule has 1 aliphatic rings. The molecule has 0 aromatic heterocycles. The number of anilines is 1. The van der Waals surface area contributed by atoms with Crippen molar-refractivity contribution in [3.63, 3.8) is 0 Å². The van der Waals surface area contributed by atoms with Crippen molar-refractivity contribution in [3.8, 4) is 0 Å². The molecule has 1 aliphatic heterocycles. The summed E-state index contributed by atoms with van der Waals surface area (Å²) in [5, 5.41) is 2.23. The quantitative estimate of drug-likeness (QED) is 0.652. The van der Waals surface area contributed by atoms with Gasteiger partial charge in [0.2, 0.25) is 0 Å². The second-order valence-electron chi connectivity index (χ2n) is 6.27. The first-order chi connectivity index (χ1) is 11.6. The van der Waals surface area contributed by atoms with Crippen LogP contribution >= 0.6 is 0 Å². The maximum Gasteiger partial charge on any atom is 0.258 e. The van der Waals surface area contributed by atoms with Gasteiger partial charge in [0, 0.05) is 16.5 Å². The number of amides is 1. The topological polar surface area (TPSA) is 37.4 Å². The van der Waals surface area contributed by atoms with Gasteiger partial charge in [-0.3, -0.25) is 9.59 Å². The van der Waals surface area contributed by atoms with Gasteiger partial charge >= 0.3 is 0 Å². The number of nitrogens with zero attached hydrogens (tertiary/aromatic N) is 1. The van der Waals surface area contributed by atoms with Crippen LogP contribution in [-0.2, 0) is 6.54 Å². The second-order valence-corrected chi connectivity index (χ2v) is 6.27. The van der Waals surface area contributed by atoms with Crippen LogP contribution in [0.3, 0.4) is 0 Å². The maximum absolute atomic E-state index is 12.9. The average Bonchev–Trinajstić information content (AvgIpc) is 2.91. The summed E-state index contributed by atoms with van der Waals surface area (Å²) in [5.41, 5.74) is 4.33. The van der Waals surface area contributed by atoms with Crippen molar-refractivity contribution in [2.45, 2.75) is 20.4 Å². The highest BCUT2D eigenvalue weighted by molar-refractivity contribution is 6.14. The maximum atomic E-state index is 12.9. The summed E-state index contributed by atoms with van der Waals surface area (Å²) in [6, 6.07) is 17.5. The molecule has 24 heavy (non-hydrogen) atoms. The van der Waals surface area contributed by atoms with Gasteiger partial charge in [0.05, 0.1) is 12.2 Å². The number of carbonyl (C=O) groups excluding carboxylic acids is 2. The van der Waals surface area contributed by atoms with Crippen molar-refractivity contribution < 1.29 is 9.59 Å². The number of hydrogen-bond donors (Lipinski definition) is 0. The molecule has 3 aromatic carbocycles. The molecule has 0 aliphatic carbocycles. The van der Waals surface area contributed by atoms with E-state index in [-0.39, 0.29) is 11.7 Å². The molecule has 3 nitrogen and oxygen atoms in total. The van der Waals surface area contributed by atoms with Crippen LogP contribution in [0.5, 0.6) is 0 Å². The lowest BCUT2D eigenvalue weighted by atomic mass is 10.0. The van der Waals surface area contributed by atoms with E-state index in [1.165, 1.54) is 0 Å². The second kappa shape index (κ2) is 5.31. The fourth-order valence-corrected chi connectivity index (χ4v) is 3.46. The normalized spacial score (nSPS) is 13.4. The summed E-state index contributed by atoms with van der Waals surface area (Å²) in [4.78, 5) is 26.3. The van der Waals surface area contributed by atoms with Crippen LogP contribution in [0.25, 0.3) is 10.8 Å². The van der Waals surface area contributed by atoms with E-state index in [4.69, 9.17) is 0 Å². The Morgan fingerprint density at radius 3 is 2.54 bits per heavy atom. The van der Waals surface area contributed by atoms with Gasteiger partial charge in [-0.25, -0.2) is 0 Å². The first-order valence-electron chi connectivity index (χ1n) is 8.00. The van der Waals surface area contributed by atoms with Crippen LogP contribution in [0.15, 0.2) is 54.6 Å². The molecule has 0 fully saturated rings. The van der Waals surface area contributed by atoms with Gasteiger partial charge in [-0.15, -0.1) is 0 Å². The lowest BCUT2D eigenvalue weighted by Gasteiger charge is -2.19. The molecule has 0 saturated heterocycles. The predicted molar refractivity (Wildman–Crippen MR) is 95.6 cm³/mol. The van der Waals surface area contributed by atoms with Crippen LogP contribution in [0.1, 0.15) is 38.8 Å². The molecule has 0 spiro atoms. The molecular formula is C21H17NO2. The highest BCUT2D eigenvalue weighted by Crippen LogP contribution is 2.35. The largest absolute Gasteiger partial charge is 0.303 e. The third-order valence-corrected chi connectivity index (χ3v) is 4.70. The number of benzene rings is 3. The van der Waals surface area contributed by atoms with Gasteiger partial charge in [-0.1, -0.05) is 36.4 Å². The zero-order chi connectivity index (χ0) is 16.8. The summed E-state index contributed by atoms with van der Waals surface area (Å²) in [7, 11) is 0. The van der Waals surface area contributed by atoms with E-state index >= 15 is 0 Å². The molecule has 0 bridgehead atoms. The Kier molecular flexibility index (Phi) is 3.24. The molecule has 3 aromatic rings. The third-order valence-electron chi connectivity index (χ3n) is 4.70. The molecule has 0 unspecified atom stereocenters. The van der Waals surface area contributed by atoms with Gasteiger partial charge in [-0.05, 0) is 48.6 Å². The molecule has 118 valence electrons. The van der Waals surface area contributed by atoms with Crippen LogP contribution in [-0.4, -0.2) is 11.7 Å².